The van der Waals surface area contributed by atoms with Gasteiger partial charge in [0, 0.05) is 11.6 Å². The molecule has 114 valence electrons. The van der Waals surface area contributed by atoms with Gasteiger partial charge in [0.15, 0.2) is 0 Å². The van der Waals surface area contributed by atoms with E-state index in [0.717, 1.165) is 37.1 Å². The Morgan fingerprint density at radius 2 is 1.90 bits per heavy atom. The third-order valence-electron chi connectivity index (χ3n) is 3.77. The van der Waals surface area contributed by atoms with Crippen molar-refractivity contribution in [2.24, 2.45) is 5.92 Å². The van der Waals surface area contributed by atoms with Gasteiger partial charge in [-0.25, -0.2) is 4.39 Å². The van der Waals surface area contributed by atoms with Crippen molar-refractivity contribution in [1.82, 2.24) is 5.32 Å². The molecule has 0 spiro atoms. The summed E-state index contributed by atoms with van der Waals surface area (Å²) < 4.78 is 19.4. The summed E-state index contributed by atoms with van der Waals surface area (Å²) in [5.41, 5.74) is 0.907. The first-order valence-electron chi connectivity index (χ1n) is 7.77. The molecule has 0 heterocycles. The highest BCUT2D eigenvalue weighted by Crippen LogP contribution is 2.27. The molecule has 1 rings (SSSR count). The monoisotopic (exact) mass is 281 g/mol. The number of ether oxygens (including phenoxy) is 1. The van der Waals surface area contributed by atoms with E-state index in [1.165, 1.54) is 6.07 Å². The van der Waals surface area contributed by atoms with Crippen molar-refractivity contribution < 1.29 is 9.13 Å². The second-order valence-corrected chi connectivity index (χ2v) is 5.35. The minimum atomic E-state index is -0.208. The summed E-state index contributed by atoms with van der Waals surface area (Å²) in [6, 6.07) is 4.90. The molecule has 0 fully saturated rings. The van der Waals surface area contributed by atoms with Crippen molar-refractivity contribution in [3.05, 3.63) is 29.6 Å². The van der Waals surface area contributed by atoms with Gasteiger partial charge in [-0.15, -0.1) is 0 Å². The van der Waals surface area contributed by atoms with Gasteiger partial charge in [-0.05, 0) is 44.0 Å². The normalized spacial score (nSPS) is 12.7. The van der Waals surface area contributed by atoms with Crippen LogP contribution in [0.3, 0.4) is 0 Å². The highest BCUT2D eigenvalue weighted by molar-refractivity contribution is 5.36. The van der Waals surface area contributed by atoms with Gasteiger partial charge in [0.05, 0.1) is 6.61 Å². The molecule has 3 heteroatoms. The van der Waals surface area contributed by atoms with Gasteiger partial charge in [-0.2, -0.15) is 0 Å². The van der Waals surface area contributed by atoms with Crippen molar-refractivity contribution in [1.29, 1.82) is 0 Å². The molecule has 0 aliphatic rings. The highest BCUT2D eigenvalue weighted by atomic mass is 19.1. The number of halogens is 1. The third-order valence-corrected chi connectivity index (χ3v) is 3.77. The Kier molecular flexibility index (Phi) is 7.60. The molecule has 0 radical (unpaired) electrons. The van der Waals surface area contributed by atoms with Crippen molar-refractivity contribution in [3.8, 4) is 5.75 Å². The molecule has 0 bridgehead atoms. The fraction of sp³-hybridized carbons (Fsp3) is 0.647. The van der Waals surface area contributed by atoms with E-state index in [9.17, 15) is 4.39 Å². The first-order chi connectivity index (χ1) is 9.62. The Bertz CT molecular complexity index is 391. The number of nitrogens with one attached hydrogen (secondary N) is 1. The lowest BCUT2D eigenvalue weighted by Crippen LogP contribution is -2.21. The number of hydrogen-bond acceptors (Lipinski definition) is 2. The van der Waals surface area contributed by atoms with E-state index in [1.54, 1.807) is 12.1 Å². The molecular formula is C17H28FNO. The zero-order chi connectivity index (χ0) is 15.0. The highest BCUT2D eigenvalue weighted by Gasteiger charge is 2.14. The first kappa shape index (κ1) is 17.0. The van der Waals surface area contributed by atoms with Crippen LogP contribution in [0.25, 0.3) is 0 Å². The van der Waals surface area contributed by atoms with Crippen LogP contribution in [0, 0.1) is 11.7 Å². The molecule has 1 aromatic rings. The van der Waals surface area contributed by atoms with Gasteiger partial charge >= 0.3 is 0 Å². The van der Waals surface area contributed by atoms with Crippen LogP contribution >= 0.6 is 0 Å². The topological polar surface area (TPSA) is 21.3 Å². The molecule has 2 nitrogen and oxygen atoms in total. The Hall–Kier alpha value is -1.09. The smallest absolute Gasteiger partial charge is 0.124 e. The van der Waals surface area contributed by atoms with Crippen LogP contribution in [0.2, 0.25) is 0 Å². The second kappa shape index (κ2) is 8.96. The molecule has 1 unspecified atom stereocenters. The van der Waals surface area contributed by atoms with Gasteiger partial charge in [0.1, 0.15) is 11.6 Å². The summed E-state index contributed by atoms with van der Waals surface area (Å²) in [7, 11) is 0. The lowest BCUT2D eigenvalue weighted by Gasteiger charge is -2.20. The van der Waals surface area contributed by atoms with Crippen LogP contribution in [-0.4, -0.2) is 13.2 Å². The quantitative estimate of drug-likeness (QED) is 0.708. The summed E-state index contributed by atoms with van der Waals surface area (Å²) >= 11 is 0. The molecule has 1 N–H and O–H groups in total. The van der Waals surface area contributed by atoms with E-state index in [-0.39, 0.29) is 11.9 Å². The fourth-order valence-corrected chi connectivity index (χ4v) is 2.19. The van der Waals surface area contributed by atoms with Crippen LogP contribution in [0.15, 0.2) is 18.2 Å². The average Bonchev–Trinajstić information content (AvgIpc) is 2.47. The zero-order valence-corrected chi connectivity index (χ0v) is 13.2. The molecule has 0 aliphatic heterocycles. The molecule has 1 atom stereocenters. The second-order valence-electron chi connectivity index (χ2n) is 5.35. The van der Waals surface area contributed by atoms with E-state index in [0.29, 0.717) is 12.5 Å². The molecule has 1 aromatic carbocycles. The van der Waals surface area contributed by atoms with E-state index < -0.39 is 0 Å². The van der Waals surface area contributed by atoms with Gasteiger partial charge in [0.2, 0.25) is 0 Å². The maximum Gasteiger partial charge on any atom is 0.124 e. The SMILES string of the molecule is CCCNC(C)c1cc(F)ccc1OCC(CC)CC. The Morgan fingerprint density at radius 1 is 1.20 bits per heavy atom. The lowest BCUT2D eigenvalue weighted by atomic mass is 10.0. The van der Waals surface area contributed by atoms with E-state index >= 15 is 0 Å². The fourth-order valence-electron chi connectivity index (χ4n) is 2.19. The standard InChI is InChI=1S/C17H28FNO/c1-5-10-19-13(4)16-11-15(18)8-9-17(16)20-12-14(6-2)7-3/h8-9,11,13-14,19H,5-7,10,12H2,1-4H3. The van der Waals surface area contributed by atoms with Gasteiger partial charge in [-0.1, -0.05) is 33.6 Å². The Morgan fingerprint density at radius 3 is 2.50 bits per heavy atom. The predicted molar refractivity (Wildman–Crippen MR) is 82.7 cm³/mol. The Labute approximate surface area is 122 Å². The molecule has 0 saturated carbocycles. The summed E-state index contributed by atoms with van der Waals surface area (Å²) in [6.45, 7) is 10.1. The maximum absolute atomic E-state index is 13.5. The minimum Gasteiger partial charge on any atom is -0.493 e. The van der Waals surface area contributed by atoms with Gasteiger partial charge in [0.25, 0.3) is 0 Å². The predicted octanol–water partition coefficient (Wildman–Crippen LogP) is 4.70. The average molecular weight is 281 g/mol. The van der Waals surface area contributed by atoms with E-state index in [4.69, 9.17) is 4.74 Å². The van der Waals surface area contributed by atoms with Crippen LogP contribution in [-0.2, 0) is 0 Å². The maximum atomic E-state index is 13.5. The Balaban J connectivity index is 2.78. The molecular weight excluding hydrogens is 253 g/mol. The van der Waals surface area contributed by atoms with E-state index in [1.807, 2.05) is 0 Å². The number of rotatable bonds is 9. The third kappa shape index (κ3) is 5.12. The van der Waals surface area contributed by atoms with Crippen LogP contribution in [0.5, 0.6) is 5.75 Å². The van der Waals surface area contributed by atoms with Crippen molar-refractivity contribution in [3.63, 3.8) is 0 Å². The summed E-state index contributed by atoms with van der Waals surface area (Å²) in [5, 5.41) is 3.39. The van der Waals surface area contributed by atoms with Crippen LogP contribution in [0.1, 0.15) is 58.6 Å². The number of benzene rings is 1. The molecule has 0 saturated heterocycles. The summed E-state index contributed by atoms with van der Waals surface area (Å²) in [4.78, 5) is 0. The van der Waals surface area contributed by atoms with Gasteiger partial charge in [-0.3, -0.25) is 0 Å². The van der Waals surface area contributed by atoms with Crippen molar-refractivity contribution >= 4 is 0 Å². The lowest BCUT2D eigenvalue weighted by molar-refractivity contribution is 0.237. The largest absolute Gasteiger partial charge is 0.493 e. The molecule has 0 amide bonds. The molecule has 0 aromatic heterocycles. The molecule has 0 aliphatic carbocycles. The van der Waals surface area contributed by atoms with Crippen LogP contribution < -0.4 is 10.1 Å². The minimum absolute atomic E-state index is 0.0994. The zero-order valence-electron chi connectivity index (χ0n) is 13.2. The number of hydrogen-bond donors (Lipinski definition) is 1. The van der Waals surface area contributed by atoms with Crippen molar-refractivity contribution in [2.75, 3.05) is 13.2 Å². The van der Waals surface area contributed by atoms with Crippen LogP contribution in [0.4, 0.5) is 4.39 Å². The summed E-state index contributed by atoms with van der Waals surface area (Å²) in [5.74, 6) is 1.15. The molecule has 20 heavy (non-hydrogen) atoms. The van der Waals surface area contributed by atoms with E-state index in [2.05, 4.69) is 33.0 Å². The first-order valence-corrected chi connectivity index (χ1v) is 7.77. The summed E-state index contributed by atoms with van der Waals surface area (Å²) in [6.07, 6.45) is 3.27. The van der Waals surface area contributed by atoms with Gasteiger partial charge < -0.3 is 10.1 Å². The van der Waals surface area contributed by atoms with Crippen molar-refractivity contribution in [2.45, 2.75) is 53.0 Å².